The molecule has 0 aliphatic carbocycles. The highest BCUT2D eigenvalue weighted by Crippen LogP contribution is 2.22. The van der Waals surface area contributed by atoms with Crippen LogP contribution in [0.1, 0.15) is 31.7 Å². The van der Waals surface area contributed by atoms with Gasteiger partial charge in [-0.3, -0.25) is 0 Å². The highest BCUT2D eigenvalue weighted by Gasteiger charge is 2.19. The Bertz CT molecular complexity index is 600. The number of benzene rings is 1. The van der Waals surface area contributed by atoms with E-state index in [0.29, 0.717) is 6.04 Å². The number of para-hydroxylation sites is 1. The first-order valence-electron chi connectivity index (χ1n) is 8.11. The smallest absolute Gasteiger partial charge is 0.129 e. The number of anilines is 1. The molecule has 0 spiro atoms. The minimum Gasteiger partial charge on any atom is -0.367 e. The fourth-order valence-electron chi connectivity index (χ4n) is 3.18. The highest BCUT2D eigenvalue weighted by atomic mass is 15.1. The second-order valence-electron chi connectivity index (χ2n) is 6.11. The Morgan fingerprint density at radius 1 is 1.24 bits per heavy atom. The zero-order valence-electron chi connectivity index (χ0n) is 13.1. The van der Waals surface area contributed by atoms with Crippen molar-refractivity contribution in [2.75, 3.05) is 25.0 Å². The number of likely N-dealkylation sites (tertiary alicyclic amines) is 1. The molecule has 0 unspecified atom stereocenters. The standard InChI is InChI=1S/C18H25N3/c1-3-10-21-11-8-16(9-12-21)19-18-14(2)13-15-6-4-5-7-17(15)20-18/h4-7,13,16H,3,8-12H2,1-2H3,(H,19,20). The SMILES string of the molecule is CCCN1CCC(Nc2nc3ccccc3cc2C)CC1. The maximum atomic E-state index is 4.80. The van der Waals surface area contributed by atoms with Gasteiger partial charge in [0.15, 0.2) is 0 Å². The van der Waals surface area contributed by atoms with Crippen molar-refractivity contribution in [3.05, 3.63) is 35.9 Å². The number of fused-ring (bicyclic) bond motifs is 1. The number of rotatable bonds is 4. The zero-order valence-corrected chi connectivity index (χ0v) is 13.1. The third-order valence-corrected chi connectivity index (χ3v) is 4.38. The van der Waals surface area contributed by atoms with Gasteiger partial charge in [0.1, 0.15) is 5.82 Å². The molecule has 1 aliphatic rings. The zero-order chi connectivity index (χ0) is 14.7. The number of aryl methyl sites for hydroxylation is 1. The number of piperidine rings is 1. The lowest BCUT2D eigenvalue weighted by Gasteiger charge is -2.32. The number of aromatic nitrogens is 1. The van der Waals surface area contributed by atoms with E-state index in [1.165, 1.54) is 49.8 Å². The summed E-state index contributed by atoms with van der Waals surface area (Å²) in [6.07, 6.45) is 3.69. The van der Waals surface area contributed by atoms with Gasteiger partial charge >= 0.3 is 0 Å². The van der Waals surface area contributed by atoms with Crippen molar-refractivity contribution < 1.29 is 0 Å². The van der Waals surface area contributed by atoms with E-state index < -0.39 is 0 Å². The van der Waals surface area contributed by atoms with E-state index in [9.17, 15) is 0 Å². The Morgan fingerprint density at radius 2 is 2.00 bits per heavy atom. The molecular formula is C18H25N3. The fourth-order valence-corrected chi connectivity index (χ4v) is 3.18. The summed E-state index contributed by atoms with van der Waals surface area (Å²) < 4.78 is 0. The maximum absolute atomic E-state index is 4.80. The topological polar surface area (TPSA) is 28.2 Å². The summed E-state index contributed by atoms with van der Waals surface area (Å²) in [7, 11) is 0. The van der Waals surface area contributed by atoms with Crippen LogP contribution in [0.15, 0.2) is 30.3 Å². The van der Waals surface area contributed by atoms with Crippen LogP contribution in [0.4, 0.5) is 5.82 Å². The summed E-state index contributed by atoms with van der Waals surface area (Å²) in [4.78, 5) is 7.37. The van der Waals surface area contributed by atoms with Crippen LogP contribution < -0.4 is 5.32 Å². The van der Waals surface area contributed by atoms with Gasteiger partial charge in [0.05, 0.1) is 5.52 Å². The Morgan fingerprint density at radius 3 is 2.76 bits per heavy atom. The van der Waals surface area contributed by atoms with E-state index in [-0.39, 0.29) is 0 Å². The van der Waals surface area contributed by atoms with Crippen LogP contribution in [0, 0.1) is 6.92 Å². The molecule has 1 aliphatic heterocycles. The molecule has 0 saturated carbocycles. The van der Waals surface area contributed by atoms with Crippen molar-refractivity contribution >= 4 is 16.7 Å². The lowest BCUT2D eigenvalue weighted by molar-refractivity contribution is 0.219. The molecule has 2 heterocycles. The molecule has 1 aromatic heterocycles. The molecule has 1 N–H and O–H groups in total. The first-order chi connectivity index (χ1) is 10.3. The van der Waals surface area contributed by atoms with E-state index in [1.54, 1.807) is 0 Å². The third kappa shape index (κ3) is 3.35. The minimum absolute atomic E-state index is 0.561. The monoisotopic (exact) mass is 283 g/mol. The number of nitrogens with zero attached hydrogens (tertiary/aromatic N) is 2. The van der Waals surface area contributed by atoms with Gasteiger partial charge in [0.2, 0.25) is 0 Å². The van der Waals surface area contributed by atoms with Crippen molar-refractivity contribution in [2.24, 2.45) is 0 Å². The van der Waals surface area contributed by atoms with Gasteiger partial charge in [-0.05, 0) is 50.4 Å². The van der Waals surface area contributed by atoms with E-state index in [1.807, 2.05) is 0 Å². The Hall–Kier alpha value is -1.61. The van der Waals surface area contributed by atoms with Crippen molar-refractivity contribution in [1.29, 1.82) is 0 Å². The molecule has 3 rings (SSSR count). The molecule has 1 fully saturated rings. The molecule has 2 aromatic rings. The Balaban J connectivity index is 1.69. The molecule has 3 nitrogen and oxygen atoms in total. The fraction of sp³-hybridized carbons (Fsp3) is 0.500. The number of nitrogens with one attached hydrogen (secondary N) is 1. The maximum Gasteiger partial charge on any atom is 0.129 e. The van der Waals surface area contributed by atoms with Gasteiger partial charge in [0.25, 0.3) is 0 Å². The predicted molar refractivity (Wildman–Crippen MR) is 89.9 cm³/mol. The van der Waals surface area contributed by atoms with Gasteiger partial charge in [0, 0.05) is 24.5 Å². The van der Waals surface area contributed by atoms with E-state index in [2.05, 4.69) is 54.4 Å². The molecule has 0 amide bonds. The quantitative estimate of drug-likeness (QED) is 0.924. The van der Waals surface area contributed by atoms with Crippen LogP contribution in [-0.2, 0) is 0 Å². The summed E-state index contributed by atoms with van der Waals surface area (Å²) >= 11 is 0. The number of hydrogen-bond acceptors (Lipinski definition) is 3. The summed E-state index contributed by atoms with van der Waals surface area (Å²) in [6.45, 7) is 8.05. The first-order valence-corrected chi connectivity index (χ1v) is 8.11. The van der Waals surface area contributed by atoms with Gasteiger partial charge in [-0.2, -0.15) is 0 Å². The van der Waals surface area contributed by atoms with Crippen LogP contribution >= 0.6 is 0 Å². The molecule has 112 valence electrons. The van der Waals surface area contributed by atoms with Crippen molar-refractivity contribution in [1.82, 2.24) is 9.88 Å². The van der Waals surface area contributed by atoms with Crippen LogP contribution in [0.2, 0.25) is 0 Å². The normalized spacial score (nSPS) is 17.2. The Kier molecular flexibility index (Phi) is 4.39. The summed E-state index contributed by atoms with van der Waals surface area (Å²) in [5.41, 5.74) is 2.32. The van der Waals surface area contributed by atoms with Crippen LogP contribution in [0.5, 0.6) is 0 Å². The third-order valence-electron chi connectivity index (χ3n) is 4.38. The molecule has 0 radical (unpaired) electrons. The van der Waals surface area contributed by atoms with Gasteiger partial charge in [-0.25, -0.2) is 4.98 Å². The minimum atomic E-state index is 0.561. The molecule has 1 saturated heterocycles. The summed E-state index contributed by atoms with van der Waals surface area (Å²) in [5, 5.41) is 4.89. The van der Waals surface area contributed by atoms with Crippen molar-refractivity contribution in [2.45, 2.75) is 39.2 Å². The largest absolute Gasteiger partial charge is 0.367 e. The number of hydrogen-bond donors (Lipinski definition) is 1. The average molecular weight is 283 g/mol. The van der Waals surface area contributed by atoms with Crippen LogP contribution in [0.3, 0.4) is 0 Å². The van der Waals surface area contributed by atoms with E-state index >= 15 is 0 Å². The molecule has 21 heavy (non-hydrogen) atoms. The highest BCUT2D eigenvalue weighted by molar-refractivity contribution is 5.81. The second-order valence-corrected chi connectivity index (χ2v) is 6.11. The van der Waals surface area contributed by atoms with Crippen molar-refractivity contribution in [3.63, 3.8) is 0 Å². The van der Waals surface area contributed by atoms with Crippen LogP contribution in [-0.4, -0.2) is 35.6 Å². The molecule has 1 aromatic carbocycles. The molecular weight excluding hydrogens is 258 g/mol. The number of pyridine rings is 1. The van der Waals surface area contributed by atoms with Gasteiger partial charge in [-0.1, -0.05) is 25.1 Å². The first kappa shape index (κ1) is 14.3. The molecule has 0 atom stereocenters. The lowest BCUT2D eigenvalue weighted by Crippen LogP contribution is -2.39. The van der Waals surface area contributed by atoms with Crippen molar-refractivity contribution in [3.8, 4) is 0 Å². The average Bonchev–Trinajstić information content (AvgIpc) is 2.50. The lowest BCUT2D eigenvalue weighted by atomic mass is 10.0. The Labute approximate surface area is 127 Å². The summed E-state index contributed by atoms with van der Waals surface area (Å²) in [5.74, 6) is 1.06. The molecule has 3 heteroatoms. The van der Waals surface area contributed by atoms with Gasteiger partial charge < -0.3 is 10.2 Å². The second kappa shape index (κ2) is 6.44. The predicted octanol–water partition coefficient (Wildman–Crippen LogP) is 3.83. The van der Waals surface area contributed by atoms with Gasteiger partial charge in [-0.15, -0.1) is 0 Å². The van der Waals surface area contributed by atoms with E-state index in [4.69, 9.17) is 4.98 Å². The molecule has 0 bridgehead atoms. The summed E-state index contributed by atoms with van der Waals surface area (Å²) in [6, 6.07) is 11.1. The van der Waals surface area contributed by atoms with Crippen LogP contribution in [0.25, 0.3) is 10.9 Å². The van der Waals surface area contributed by atoms with E-state index in [0.717, 1.165) is 11.3 Å².